The van der Waals surface area contributed by atoms with Crippen LogP contribution in [0.25, 0.3) is 0 Å². The van der Waals surface area contributed by atoms with Crippen LogP contribution in [0.5, 0.6) is 0 Å². The third kappa shape index (κ3) is 2.35. The number of aliphatic carboxylic acids is 1. The summed E-state index contributed by atoms with van der Waals surface area (Å²) in [7, 11) is 0. The number of ether oxygens (including phenoxy) is 1. The van der Waals surface area contributed by atoms with Gasteiger partial charge in [0.1, 0.15) is 5.60 Å². The molecule has 0 aromatic rings. The van der Waals surface area contributed by atoms with Gasteiger partial charge in [0.25, 0.3) is 0 Å². The zero-order chi connectivity index (χ0) is 14.1. The lowest BCUT2D eigenvalue weighted by Gasteiger charge is -2.35. The van der Waals surface area contributed by atoms with Crippen molar-refractivity contribution in [2.75, 3.05) is 6.54 Å². The van der Waals surface area contributed by atoms with Crippen molar-refractivity contribution in [2.24, 2.45) is 0 Å². The minimum Gasteiger partial charge on any atom is -0.479 e. The number of rotatable bonds is 2. The van der Waals surface area contributed by atoms with E-state index in [9.17, 15) is 14.7 Å². The Hall–Kier alpha value is -1.52. The van der Waals surface area contributed by atoms with Crippen molar-refractivity contribution < 1.29 is 19.4 Å². The van der Waals surface area contributed by atoms with Gasteiger partial charge in [-0.2, -0.15) is 0 Å². The van der Waals surface area contributed by atoms with Crippen LogP contribution in [0.15, 0.2) is 12.2 Å². The topological polar surface area (TPSA) is 66.8 Å². The second kappa shape index (κ2) is 4.63. The molecule has 1 atom stereocenters. The number of carboxylic acids is 1. The van der Waals surface area contributed by atoms with E-state index in [1.807, 2.05) is 0 Å². The van der Waals surface area contributed by atoms with E-state index in [1.54, 1.807) is 27.7 Å². The van der Waals surface area contributed by atoms with Crippen molar-refractivity contribution in [3.05, 3.63) is 12.2 Å². The van der Waals surface area contributed by atoms with Crippen LogP contribution < -0.4 is 0 Å². The summed E-state index contributed by atoms with van der Waals surface area (Å²) in [6.45, 7) is 11.1. The Morgan fingerprint density at radius 2 is 2.06 bits per heavy atom. The maximum absolute atomic E-state index is 12.1. The van der Waals surface area contributed by atoms with Crippen LogP contribution in [0.4, 0.5) is 4.79 Å². The van der Waals surface area contributed by atoms with Gasteiger partial charge in [0.05, 0.1) is 0 Å². The molecule has 0 spiro atoms. The molecule has 1 aliphatic rings. The van der Waals surface area contributed by atoms with Crippen molar-refractivity contribution >= 4 is 12.1 Å². The Balaban J connectivity index is 3.04. The highest BCUT2D eigenvalue weighted by molar-refractivity contribution is 5.89. The minimum atomic E-state index is -1.32. The molecule has 5 heteroatoms. The van der Waals surface area contributed by atoms with E-state index in [4.69, 9.17) is 4.74 Å². The predicted octanol–water partition coefficient (Wildman–Crippen LogP) is 2.42. The Morgan fingerprint density at radius 3 is 2.44 bits per heavy atom. The molecule has 0 bridgehead atoms. The van der Waals surface area contributed by atoms with Crippen LogP contribution in [0.3, 0.4) is 0 Å². The third-order valence-corrected chi connectivity index (χ3v) is 3.16. The molecule has 0 saturated carbocycles. The molecule has 0 radical (unpaired) electrons. The fraction of sp³-hybridized carbons (Fsp3) is 0.692. The van der Waals surface area contributed by atoms with Gasteiger partial charge in [0.2, 0.25) is 0 Å². The normalized spacial score (nSPS) is 24.2. The van der Waals surface area contributed by atoms with Crippen LogP contribution in [0.2, 0.25) is 0 Å². The fourth-order valence-electron chi connectivity index (χ4n) is 2.26. The molecule has 1 heterocycles. The number of likely N-dealkylation sites (tertiary alicyclic amines) is 1. The number of hydrogen-bond donors (Lipinski definition) is 1. The van der Waals surface area contributed by atoms with Gasteiger partial charge in [0, 0.05) is 6.54 Å². The van der Waals surface area contributed by atoms with Crippen LogP contribution >= 0.6 is 0 Å². The first-order valence-electron chi connectivity index (χ1n) is 6.07. The monoisotopic (exact) mass is 255 g/mol. The molecule has 0 aliphatic carbocycles. The highest BCUT2D eigenvalue weighted by Gasteiger charge is 2.52. The van der Waals surface area contributed by atoms with E-state index in [1.165, 1.54) is 4.90 Å². The first-order valence-corrected chi connectivity index (χ1v) is 6.07. The van der Waals surface area contributed by atoms with Crippen molar-refractivity contribution in [1.29, 1.82) is 0 Å². The average Bonchev–Trinajstić information content (AvgIpc) is 2.53. The molecular formula is C13H21NO4. The Labute approximate surface area is 107 Å². The Kier molecular flexibility index (Phi) is 3.74. The SMILES string of the molecule is C=C1CCN(C(=O)OC(C)(C)C)C1(CC)C(=O)O. The number of hydrogen-bond acceptors (Lipinski definition) is 3. The van der Waals surface area contributed by atoms with Gasteiger partial charge in [-0.15, -0.1) is 0 Å². The van der Waals surface area contributed by atoms with Crippen LogP contribution in [-0.4, -0.2) is 39.8 Å². The Morgan fingerprint density at radius 1 is 1.50 bits per heavy atom. The second-order valence-electron chi connectivity index (χ2n) is 5.50. The number of amides is 1. The predicted molar refractivity (Wildman–Crippen MR) is 67.4 cm³/mol. The van der Waals surface area contributed by atoms with Crippen molar-refractivity contribution in [1.82, 2.24) is 4.90 Å². The lowest BCUT2D eigenvalue weighted by atomic mass is 9.89. The molecule has 1 amide bonds. The van der Waals surface area contributed by atoms with Gasteiger partial charge in [0.15, 0.2) is 5.54 Å². The zero-order valence-corrected chi connectivity index (χ0v) is 11.4. The number of carbonyl (C=O) groups is 2. The summed E-state index contributed by atoms with van der Waals surface area (Å²) >= 11 is 0. The number of nitrogens with zero attached hydrogens (tertiary/aromatic N) is 1. The van der Waals surface area contributed by atoms with E-state index in [0.717, 1.165) is 0 Å². The minimum absolute atomic E-state index is 0.292. The second-order valence-corrected chi connectivity index (χ2v) is 5.50. The molecule has 1 fully saturated rings. The summed E-state index contributed by atoms with van der Waals surface area (Å²) in [6.07, 6.45) is 0.199. The number of carbonyl (C=O) groups excluding carboxylic acids is 1. The van der Waals surface area contributed by atoms with Crippen LogP contribution in [0.1, 0.15) is 40.5 Å². The first kappa shape index (κ1) is 14.5. The molecule has 18 heavy (non-hydrogen) atoms. The quantitative estimate of drug-likeness (QED) is 0.769. The summed E-state index contributed by atoms with van der Waals surface area (Å²) < 4.78 is 5.26. The van der Waals surface area contributed by atoms with E-state index in [2.05, 4.69) is 6.58 Å². The van der Waals surface area contributed by atoms with Gasteiger partial charge >= 0.3 is 12.1 Å². The van der Waals surface area contributed by atoms with Crippen molar-refractivity contribution in [2.45, 2.75) is 51.7 Å². The van der Waals surface area contributed by atoms with E-state index in [0.29, 0.717) is 25.0 Å². The highest BCUT2D eigenvalue weighted by Crippen LogP contribution is 2.37. The van der Waals surface area contributed by atoms with Crippen LogP contribution in [-0.2, 0) is 9.53 Å². The molecular weight excluding hydrogens is 234 g/mol. The molecule has 1 saturated heterocycles. The average molecular weight is 255 g/mol. The molecule has 1 rings (SSSR count). The lowest BCUT2D eigenvalue weighted by molar-refractivity contribution is -0.147. The van der Waals surface area contributed by atoms with E-state index in [-0.39, 0.29) is 0 Å². The molecule has 1 aliphatic heterocycles. The Bertz CT molecular complexity index is 383. The summed E-state index contributed by atoms with van der Waals surface area (Å²) in [4.78, 5) is 24.9. The molecule has 5 nitrogen and oxygen atoms in total. The maximum atomic E-state index is 12.1. The first-order chi connectivity index (χ1) is 8.15. The molecule has 0 aromatic carbocycles. The fourth-order valence-corrected chi connectivity index (χ4v) is 2.26. The highest BCUT2D eigenvalue weighted by atomic mass is 16.6. The summed E-state index contributed by atoms with van der Waals surface area (Å²) in [5, 5.41) is 9.44. The van der Waals surface area contributed by atoms with Crippen molar-refractivity contribution in [3.63, 3.8) is 0 Å². The lowest BCUT2D eigenvalue weighted by Crippen LogP contribution is -2.54. The number of carboxylic acid groups (broad SMARTS) is 1. The van der Waals surface area contributed by atoms with Crippen LogP contribution in [0, 0.1) is 0 Å². The van der Waals surface area contributed by atoms with E-state index < -0.39 is 23.2 Å². The van der Waals surface area contributed by atoms with Gasteiger partial charge in [-0.05, 0) is 39.2 Å². The molecule has 1 unspecified atom stereocenters. The van der Waals surface area contributed by atoms with Gasteiger partial charge in [-0.1, -0.05) is 13.5 Å². The largest absolute Gasteiger partial charge is 0.479 e. The maximum Gasteiger partial charge on any atom is 0.411 e. The smallest absolute Gasteiger partial charge is 0.411 e. The summed E-state index contributed by atoms with van der Waals surface area (Å²) in [5.41, 5.74) is -1.40. The van der Waals surface area contributed by atoms with Gasteiger partial charge in [-0.25, -0.2) is 9.59 Å². The van der Waals surface area contributed by atoms with E-state index >= 15 is 0 Å². The third-order valence-electron chi connectivity index (χ3n) is 3.16. The summed E-state index contributed by atoms with van der Waals surface area (Å²) in [6, 6.07) is 0. The van der Waals surface area contributed by atoms with Gasteiger partial charge < -0.3 is 9.84 Å². The summed E-state index contributed by atoms with van der Waals surface area (Å²) in [5.74, 6) is -1.04. The molecule has 102 valence electrons. The van der Waals surface area contributed by atoms with Crippen molar-refractivity contribution in [3.8, 4) is 0 Å². The van der Waals surface area contributed by atoms with Gasteiger partial charge in [-0.3, -0.25) is 4.90 Å². The molecule has 1 N–H and O–H groups in total. The standard InChI is InChI=1S/C13H21NO4/c1-6-13(10(15)16)9(2)7-8-14(13)11(17)18-12(3,4)5/h2,6-8H2,1,3-5H3,(H,15,16). The molecule has 0 aromatic heterocycles. The zero-order valence-electron chi connectivity index (χ0n) is 11.4.